The van der Waals surface area contributed by atoms with Gasteiger partial charge >= 0.3 is 60.4 Å². The lowest BCUT2D eigenvalue weighted by Gasteiger charge is -2.17. The zero-order chi connectivity index (χ0) is 74.3. The molecule has 2 saturated heterocycles. The molecule has 28 nitrogen and oxygen atoms in total. The molecule has 5 aromatic carbocycles. The Kier molecular flexibility index (Phi) is 34.0. The molecule has 546 valence electrons. The molecule has 2 heterocycles. The van der Waals surface area contributed by atoms with Crippen LogP contribution in [-0.2, 0) is 66.5 Å². The van der Waals surface area contributed by atoms with Gasteiger partial charge in [0.1, 0.15) is 46.7 Å². The fourth-order valence-electron chi connectivity index (χ4n) is 9.30. The SMILES string of the molecule is C=CC(=O)OCCCCCC(=O)c1ccc(C(=O)OC2COC3C(OC(=O)Oc4ccc(OC(=O)OCCCCOC(=O)C=C)cc4)COC23)cc1.C=CC(=O)OCCCCCC(=O)c1ccc(C(=O)Oc2ccc(OC(=O)Oc3ccc(OC(=O)OCCCCOC(=O)C=C)cc3)cc2C)cc1. The van der Waals surface area contributed by atoms with Crippen molar-refractivity contribution in [2.45, 2.75) is 108 Å². The molecule has 0 saturated carbocycles. The first-order valence-electron chi connectivity index (χ1n) is 32.6. The second-order valence-electron chi connectivity index (χ2n) is 22.2. The van der Waals surface area contributed by atoms with Gasteiger partial charge < -0.3 is 75.8 Å². The summed E-state index contributed by atoms with van der Waals surface area (Å²) in [5.41, 5.74) is 1.92. The Morgan fingerprint density at radius 2 is 0.670 bits per heavy atom. The zero-order valence-corrected chi connectivity index (χ0v) is 56.5. The fourth-order valence-corrected chi connectivity index (χ4v) is 9.30. The van der Waals surface area contributed by atoms with E-state index in [0.29, 0.717) is 80.9 Å². The number of aryl methyl sites for hydroxylation is 1. The molecule has 0 bridgehead atoms. The molecule has 0 aliphatic carbocycles. The molecule has 0 aromatic heterocycles. The van der Waals surface area contributed by atoms with Crippen molar-refractivity contribution < 1.29 is 133 Å². The summed E-state index contributed by atoms with van der Waals surface area (Å²) < 4.78 is 83.2. The van der Waals surface area contributed by atoms with Crippen LogP contribution in [0.15, 0.2) is 166 Å². The maximum absolute atomic E-state index is 12.9. The maximum Gasteiger partial charge on any atom is 0.519 e. The van der Waals surface area contributed by atoms with E-state index in [1.807, 2.05) is 0 Å². The molecular weight excluding hydrogens is 1350 g/mol. The number of carbonyl (C=O) groups excluding carboxylic acids is 12. The highest BCUT2D eigenvalue weighted by Gasteiger charge is 2.51. The Balaban J connectivity index is 0.000000324. The van der Waals surface area contributed by atoms with Crippen molar-refractivity contribution >= 4 is 72.0 Å². The fraction of sp³-hybridized carbons (Fsp3) is 0.333. The topological polar surface area (TPSA) is 353 Å². The molecule has 2 aliphatic rings. The van der Waals surface area contributed by atoms with Crippen LogP contribution in [0.4, 0.5) is 19.2 Å². The van der Waals surface area contributed by atoms with Gasteiger partial charge in [0.05, 0.1) is 64.0 Å². The molecule has 0 amide bonds. The zero-order valence-electron chi connectivity index (χ0n) is 56.5. The van der Waals surface area contributed by atoms with Crippen molar-refractivity contribution in [1.82, 2.24) is 0 Å². The van der Waals surface area contributed by atoms with Crippen LogP contribution < -0.4 is 28.4 Å². The second-order valence-corrected chi connectivity index (χ2v) is 22.2. The van der Waals surface area contributed by atoms with Crippen LogP contribution in [-0.4, -0.2) is 149 Å². The summed E-state index contributed by atoms with van der Waals surface area (Å²) in [6.07, 6.45) is 4.02. The minimum absolute atomic E-state index is 0.00980. The lowest BCUT2D eigenvalue weighted by molar-refractivity contribution is -0.138. The van der Waals surface area contributed by atoms with E-state index < -0.39 is 84.9 Å². The molecule has 0 N–H and O–H groups in total. The molecule has 103 heavy (non-hydrogen) atoms. The van der Waals surface area contributed by atoms with Crippen LogP contribution in [0.2, 0.25) is 0 Å². The number of ether oxygens (including phenoxy) is 16. The number of hydrogen-bond acceptors (Lipinski definition) is 28. The molecule has 5 aromatic rings. The van der Waals surface area contributed by atoms with Gasteiger partial charge in [-0.2, -0.15) is 0 Å². The first-order valence-corrected chi connectivity index (χ1v) is 32.6. The first-order chi connectivity index (χ1) is 49.7. The monoisotopic (exact) mass is 1430 g/mol. The molecule has 28 heteroatoms. The van der Waals surface area contributed by atoms with E-state index in [2.05, 4.69) is 26.3 Å². The second kappa shape index (κ2) is 43.7. The molecule has 2 aliphatic heterocycles. The minimum atomic E-state index is -1.03. The smallest absolute Gasteiger partial charge is 0.463 e. The average Bonchev–Trinajstić information content (AvgIpc) is 1.65. The Bertz CT molecular complexity index is 3750. The van der Waals surface area contributed by atoms with Gasteiger partial charge in [-0.1, -0.05) is 50.6 Å². The quantitative estimate of drug-likeness (QED) is 0.00673. The van der Waals surface area contributed by atoms with E-state index in [4.69, 9.17) is 75.8 Å². The van der Waals surface area contributed by atoms with Crippen LogP contribution in [0.25, 0.3) is 0 Å². The number of carbonyl (C=O) groups is 12. The van der Waals surface area contributed by atoms with Crippen molar-refractivity contribution in [3.05, 3.63) is 194 Å². The maximum atomic E-state index is 12.9. The van der Waals surface area contributed by atoms with Gasteiger partial charge in [-0.15, -0.1) is 0 Å². The van der Waals surface area contributed by atoms with Crippen molar-refractivity contribution in [1.29, 1.82) is 0 Å². The van der Waals surface area contributed by atoms with Gasteiger partial charge in [-0.3, -0.25) is 9.59 Å². The van der Waals surface area contributed by atoms with Gasteiger partial charge in [-0.05, 0) is 168 Å². The Labute approximate surface area is 592 Å². The van der Waals surface area contributed by atoms with Crippen LogP contribution in [0.3, 0.4) is 0 Å². The van der Waals surface area contributed by atoms with E-state index in [9.17, 15) is 57.5 Å². The molecule has 7 rings (SSSR count). The highest BCUT2D eigenvalue weighted by atomic mass is 16.8. The van der Waals surface area contributed by atoms with E-state index >= 15 is 0 Å². The van der Waals surface area contributed by atoms with E-state index in [1.165, 1.54) is 91.0 Å². The highest BCUT2D eigenvalue weighted by molar-refractivity contribution is 5.99. The number of ketones is 2. The summed E-state index contributed by atoms with van der Waals surface area (Å²) in [4.78, 5) is 143. The third-order valence-electron chi connectivity index (χ3n) is 14.6. The molecule has 0 radical (unpaired) electrons. The number of unbranched alkanes of at least 4 members (excludes halogenated alkanes) is 6. The summed E-state index contributed by atoms with van der Waals surface area (Å²) in [5.74, 6) is -2.48. The van der Waals surface area contributed by atoms with Gasteiger partial charge in [0, 0.05) is 48.3 Å². The van der Waals surface area contributed by atoms with Gasteiger partial charge in [-0.25, -0.2) is 47.9 Å². The van der Waals surface area contributed by atoms with Crippen LogP contribution in [0.1, 0.15) is 124 Å². The number of esters is 6. The van der Waals surface area contributed by atoms with E-state index in [-0.39, 0.29) is 110 Å². The van der Waals surface area contributed by atoms with Gasteiger partial charge in [0.15, 0.2) is 23.8 Å². The predicted molar refractivity (Wildman–Crippen MR) is 361 cm³/mol. The molecule has 4 atom stereocenters. The summed E-state index contributed by atoms with van der Waals surface area (Å²) >= 11 is 0. The van der Waals surface area contributed by atoms with E-state index in [1.54, 1.807) is 31.2 Å². The first kappa shape index (κ1) is 80.2. The molecule has 4 unspecified atom stereocenters. The lowest BCUT2D eigenvalue weighted by atomic mass is 10.0. The van der Waals surface area contributed by atoms with Crippen LogP contribution >= 0.6 is 0 Å². The number of rotatable bonds is 38. The van der Waals surface area contributed by atoms with Crippen molar-refractivity contribution in [3.63, 3.8) is 0 Å². The summed E-state index contributed by atoms with van der Waals surface area (Å²) in [6.45, 7) is 16.0. The Hall–Kier alpha value is -11.8. The Morgan fingerprint density at radius 3 is 1.06 bits per heavy atom. The largest absolute Gasteiger partial charge is 0.519 e. The molecule has 0 spiro atoms. The summed E-state index contributed by atoms with van der Waals surface area (Å²) in [7, 11) is 0. The minimum Gasteiger partial charge on any atom is -0.463 e. The molecule has 2 fully saturated rings. The van der Waals surface area contributed by atoms with Crippen molar-refractivity contribution in [2.75, 3.05) is 52.9 Å². The number of fused-ring (bicyclic) bond motifs is 1. The lowest BCUT2D eigenvalue weighted by Crippen LogP contribution is -2.36. The summed E-state index contributed by atoms with van der Waals surface area (Å²) in [6, 6.07) is 27.8. The predicted octanol–water partition coefficient (Wildman–Crippen LogP) is 12.4. The van der Waals surface area contributed by atoms with Crippen LogP contribution in [0, 0.1) is 6.92 Å². The van der Waals surface area contributed by atoms with Crippen LogP contribution in [0.5, 0.6) is 34.5 Å². The average molecular weight is 1430 g/mol. The summed E-state index contributed by atoms with van der Waals surface area (Å²) in [5, 5.41) is 0. The third kappa shape index (κ3) is 29.1. The Morgan fingerprint density at radius 1 is 0.350 bits per heavy atom. The number of hydrogen-bond donors (Lipinski definition) is 0. The number of benzene rings is 5. The number of Topliss-reactive ketones (excluding diaryl/α,β-unsaturated/α-hetero) is 2. The normalized spacial score (nSPS) is 14.5. The standard InChI is InChI=1S/C38H38O13.C37H40O15/c1-4-34(40)45-22-8-6-7-11-32(39)27-12-14-28(15-13-27)36(42)51-33-21-20-31(25-26(33)3)50-38(44)49-30-18-16-29(17-19-30)48-37(43)47-24-10-9-23-46-35(41)5-2;1-3-31(39)44-19-7-5-6-10-28(38)24-11-13-25(14-12-24)35(41)51-29-22-47-34-30(23-48-33(29)34)52-37(43)50-27-17-15-26(16-18-27)49-36(42)46-21-9-8-20-45-32(40)4-2/h4-5,12-21,25H,1-2,6-11,22-24H2,3H3;3-4,11-18,29-30,33-34H,1-2,5-10,19-23H2. The van der Waals surface area contributed by atoms with Gasteiger partial charge in [0.2, 0.25) is 0 Å². The van der Waals surface area contributed by atoms with Crippen molar-refractivity contribution in [2.24, 2.45) is 0 Å². The third-order valence-corrected chi connectivity index (χ3v) is 14.6. The van der Waals surface area contributed by atoms with E-state index in [0.717, 1.165) is 37.1 Å². The van der Waals surface area contributed by atoms with Crippen molar-refractivity contribution in [3.8, 4) is 34.5 Å². The highest BCUT2D eigenvalue weighted by Crippen LogP contribution is 2.32. The molecular formula is C75H78O28. The van der Waals surface area contributed by atoms with Gasteiger partial charge in [0.25, 0.3) is 0 Å².